The Balaban J connectivity index is 1.66. The molecule has 1 N–H and O–H groups in total. The highest BCUT2D eigenvalue weighted by molar-refractivity contribution is 7.97. The van der Waals surface area contributed by atoms with E-state index in [1.807, 2.05) is 42.5 Å². The number of nitrogens with one attached hydrogen (secondary N) is 1. The number of rotatable bonds is 8. The van der Waals surface area contributed by atoms with Gasteiger partial charge in [-0.05, 0) is 53.3 Å². The minimum absolute atomic E-state index is 0.109. The van der Waals surface area contributed by atoms with Crippen LogP contribution in [0.25, 0.3) is 11.1 Å². The number of hydrogen-bond acceptors (Lipinski definition) is 5. The first kappa shape index (κ1) is 24.8. The smallest absolute Gasteiger partial charge is 0.258 e. The number of nitrogens with zero attached hydrogens (tertiary/aromatic N) is 1. The van der Waals surface area contributed by atoms with E-state index in [0.717, 1.165) is 21.8 Å². The maximum absolute atomic E-state index is 15.2. The Morgan fingerprint density at radius 3 is 2.72 bits per heavy atom. The van der Waals surface area contributed by atoms with Crippen molar-refractivity contribution in [1.82, 2.24) is 9.62 Å². The highest BCUT2D eigenvalue weighted by atomic mass is 35.5. The molecule has 1 saturated heterocycles. The Morgan fingerprint density at radius 2 is 2.06 bits per heavy atom. The molecule has 0 aromatic heterocycles. The monoisotopic (exact) mass is 496 g/mol. The number of ether oxygens (including phenoxy) is 1. The van der Waals surface area contributed by atoms with Gasteiger partial charge in [0.1, 0.15) is 5.75 Å². The molecule has 2 aromatic rings. The average molecular weight is 497 g/mol. The lowest BCUT2D eigenvalue weighted by atomic mass is 9.93. The van der Waals surface area contributed by atoms with Gasteiger partial charge in [0, 0.05) is 65.0 Å². The minimum Gasteiger partial charge on any atom is -0.497 e. The minimum atomic E-state index is -1.90. The van der Waals surface area contributed by atoms with Crippen LogP contribution in [0.4, 0.5) is 4.39 Å². The molecule has 0 spiro atoms. The van der Waals surface area contributed by atoms with Gasteiger partial charge in [0.25, 0.3) is 5.91 Å². The maximum atomic E-state index is 15.2. The molecule has 1 atom stereocenters. The predicted octanol–water partition coefficient (Wildman–Crippen LogP) is 4.84. The van der Waals surface area contributed by atoms with Crippen molar-refractivity contribution in [2.24, 2.45) is 0 Å². The first-order valence-corrected chi connectivity index (χ1v) is 12.9. The predicted molar refractivity (Wildman–Crippen MR) is 130 cm³/mol. The normalized spacial score (nSPS) is 17.2. The maximum Gasteiger partial charge on any atom is 0.258 e. The molecule has 0 aliphatic carbocycles. The van der Waals surface area contributed by atoms with Gasteiger partial charge in [0.05, 0.1) is 7.11 Å². The average Bonchev–Trinajstić information content (AvgIpc) is 2.78. The molecular formula is C23H26ClFN2O3S2. The summed E-state index contributed by atoms with van der Waals surface area (Å²) in [6.45, 7) is 1.03. The van der Waals surface area contributed by atoms with Crippen molar-refractivity contribution in [3.05, 3.63) is 59.0 Å². The van der Waals surface area contributed by atoms with Crippen molar-refractivity contribution >= 4 is 40.3 Å². The number of carbonyl (C=O) groups is 1. The molecule has 0 saturated carbocycles. The summed E-state index contributed by atoms with van der Waals surface area (Å²) in [5.74, 6) is 0.126. The van der Waals surface area contributed by atoms with Crippen LogP contribution in [0.15, 0.2) is 58.8 Å². The summed E-state index contributed by atoms with van der Waals surface area (Å²) in [6.07, 6.45) is 3.32. The van der Waals surface area contributed by atoms with E-state index in [0.29, 0.717) is 18.1 Å². The van der Waals surface area contributed by atoms with E-state index < -0.39 is 22.4 Å². The lowest BCUT2D eigenvalue weighted by molar-refractivity contribution is -0.135. The van der Waals surface area contributed by atoms with Gasteiger partial charge < -0.3 is 10.1 Å². The molecule has 1 fully saturated rings. The third-order valence-electron chi connectivity index (χ3n) is 5.14. The van der Waals surface area contributed by atoms with E-state index >= 15 is 4.39 Å². The number of alkyl halides is 1. The zero-order chi connectivity index (χ0) is 23.1. The Labute approximate surface area is 199 Å². The van der Waals surface area contributed by atoms with Crippen molar-refractivity contribution in [2.45, 2.75) is 23.4 Å². The lowest BCUT2D eigenvalue weighted by Crippen LogP contribution is -2.49. The standard InChI is InChI=1S/C23H26ClFN2O3S2/c1-30-19-7-8-21(20(16-19)17-5-3-6-18(24)15-17)31-27-12-9-23(25,10-13-27)22(28)26-11-4-14-32(2)29/h3-8,14-16H,9-13H2,1-2H3,(H,26,28)/b14-4-. The Hall–Kier alpha value is -1.87. The molecular weight excluding hydrogens is 471 g/mol. The van der Waals surface area contributed by atoms with Crippen molar-refractivity contribution < 1.29 is 18.1 Å². The van der Waals surface area contributed by atoms with Crippen LogP contribution in [0, 0.1) is 0 Å². The van der Waals surface area contributed by atoms with E-state index in [4.69, 9.17) is 16.3 Å². The molecule has 1 aliphatic rings. The van der Waals surface area contributed by atoms with Gasteiger partial charge in [0.15, 0.2) is 5.67 Å². The molecule has 5 nitrogen and oxygen atoms in total. The molecule has 1 unspecified atom stereocenters. The second kappa shape index (κ2) is 11.3. The summed E-state index contributed by atoms with van der Waals surface area (Å²) in [5, 5.41) is 4.69. The largest absolute Gasteiger partial charge is 0.497 e. The van der Waals surface area contributed by atoms with Crippen LogP contribution < -0.4 is 10.1 Å². The number of methoxy groups -OCH3 is 1. The highest BCUT2D eigenvalue weighted by Gasteiger charge is 2.41. The molecule has 9 heteroatoms. The van der Waals surface area contributed by atoms with Crippen LogP contribution in [0.5, 0.6) is 5.75 Å². The van der Waals surface area contributed by atoms with Gasteiger partial charge >= 0.3 is 0 Å². The van der Waals surface area contributed by atoms with Gasteiger partial charge in [-0.1, -0.05) is 29.8 Å². The molecule has 1 aliphatic heterocycles. The Bertz CT molecular complexity index is 1010. The highest BCUT2D eigenvalue weighted by Crippen LogP contribution is 2.39. The summed E-state index contributed by atoms with van der Waals surface area (Å²) < 4.78 is 33.7. The molecule has 3 rings (SSSR count). The van der Waals surface area contributed by atoms with Gasteiger partial charge in [-0.2, -0.15) is 0 Å². The SMILES string of the molecule is COc1ccc(SN2CCC(F)(C(=O)NC/C=C\S(C)=O)CC2)c(-c2cccc(Cl)c2)c1. The van der Waals surface area contributed by atoms with Crippen LogP contribution in [-0.4, -0.2) is 53.1 Å². The molecule has 2 aromatic carbocycles. The van der Waals surface area contributed by atoms with Gasteiger partial charge in [-0.25, -0.2) is 8.70 Å². The van der Waals surface area contributed by atoms with Crippen LogP contribution in [-0.2, 0) is 15.6 Å². The van der Waals surface area contributed by atoms with Crippen molar-refractivity contribution in [3.63, 3.8) is 0 Å². The number of amides is 1. The topological polar surface area (TPSA) is 58.6 Å². The van der Waals surface area contributed by atoms with E-state index in [1.54, 1.807) is 13.2 Å². The molecule has 32 heavy (non-hydrogen) atoms. The molecule has 172 valence electrons. The van der Waals surface area contributed by atoms with Gasteiger partial charge in [0.2, 0.25) is 0 Å². The number of benzene rings is 2. The number of piperidine rings is 1. The second-order valence-electron chi connectivity index (χ2n) is 7.44. The summed E-state index contributed by atoms with van der Waals surface area (Å²) in [4.78, 5) is 13.3. The third kappa shape index (κ3) is 6.57. The fourth-order valence-corrected chi connectivity index (χ4v) is 4.99. The van der Waals surface area contributed by atoms with Crippen LogP contribution in [0.1, 0.15) is 12.8 Å². The summed E-state index contributed by atoms with van der Waals surface area (Å²) >= 11 is 7.73. The van der Waals surface area contributed by atoms with Crippen molar-refractivity contribution in [3.8, 4) is 16.9 Å². The number of carbonyl (C=O) groups excluding carboxylic acids is 1. The lowest BCUT2D eigenvalue weighted by Gasteiger charge is -2.34. The summed E-state index contributed by atoms with van der Waals surface area (Å²) in [6, 6.07) is 13.4. The number of halogens is 2. The van der Waals surface area contributed by atoms with E-state index in [9.17, 15) is 9.00 Å². The van der Waals surface area contributed by atoms with Crippen LogP contribution >= 0.6 is 23.5 Å². The first-order chi connectivity index (χ1) is 15.3. The fraction of sp³-hybridized carbons (Fsp3) is 0.348. The Morgan fingerprint density at radius 1 is 1.31 bits per heavy atom. The molecule has 0 bridgehead atoms. The Kier molecular flexibility index (Phi) is 8.76. The molecule has 1 amide bonds. The van der Waals surface area contributed by atoms with Crippen LogP contribution in [0.2, 0.25) is 5.02 Å². The van der Waals surface area contributed by atoms with E-state index in [-0.39, 0.29) is 19.4 Å². The first-order valence-electron chi connectivity index (χ1n) is 10.1. The molecule has 0 radical (unpaired) electrons. The fourth-order valence-electron chi connectivity index (χ4n) is 3.39. The second-order valence-corrected chi connectivity index (χ2v) is 10.3. The quantitative estimate of drug-likeness (QED) is 0.530. The third-order valence-corrected chi connectivity index (χ3v) is 7.13. The summed E-state index contributed by atoms with van der Waals surface area (Å²) in [5.41, 5.74) is 0.0503. The zero-order valence-electron chi connectivity index (χ0n) is 18.0. The summed E-state index contributed by atoms with van der Waals surface area (Å²) in [7, 11) is 0.533. The van der Waals surface area contributed by atoms with Gasteiger partial charge in [-0.3, -0.25) is 9.00 Å². The van der Waals surface area contributed by atoms with Crippen molar-refractivity contribution in [2.75, 3.05) is 33.0 Å². The van der Waals surface area contributed by atoms with E-state index in [2.05, 4.69) is 9.62 Å². The zero-order valence-corrected chi connectivity index (χ0v) is 20.4. The van der Waals surface area contributed by atoms with E-state index in [1.165, 1.54) is 23.6 Å². The van der Waals surface area contributed by atoms with Gasteiger partial charge in [-0.15, -0.1) is 0 Å². The van der Waals surface area contributed by atoms with Crippen molar-refractivity contribution in [1.29, 1.82) is 0 Å². The number of hydrogen-bond donors (Lipinski definition) is 1. The van der Waals surface area contributed by atoms with Crippen LogP contribution in [0.3, 0.4) is 0 Å². The molecule has 1 heterocycles.